The van der Waals surface area contributed by atoms with Crippen LogP contribution in [0.4, 0.5) is 5.82 Å². The average Bonchev–Trinajstić information content (AvgIpc) is 3.51. The summed E-state index contributed by atoms with van der Waals surface area (Å²) in [5, 5.41) is 10.4. The first-order valence-corrected chi connectivity index (χ1v) is 13.2. The molecule has 0 atom stereocenters. The van der Waals surface area contributed by atoms with Crippen LogP contribution in [-0.2, 0) is 13.1 Å². The predicted molar refractivity (Wildman–Crippen MR) is 140 cm³/mol. The first kappa shape index (κ1) is 22.7. The number of nitrogens with zero attached hydrogens (tertiary/aromatic N) is 6. The molecule has 7 nitrogen and oxygen atoms in total. The fourth-order valence-corrected chi connectivity index (χ4v) is 5.97. The minimum atomic E-state index is -0.599. The van der Waals surface area contributed by atoms with Gasteiger partial charge in [0.15, 0.2) is 5.65 Å². The monoisotopic (exact) mass is 472 g/mol. The van der Waals surface area contributed by atoms with Crippen molar-refractivity contribution in [2.24, 2.45) is 10.9 Å². The Bertz CT molecular complexity index is 1240. The molecule has 3 aromatic rings. The summed E-state index contributed by atoms with van der Waals surface area (Å²) in [6.07, 6.45) is 12.0. The third-order valence-electron chi connectivity index (χ3n) is 8.14. The van der Waals surface area contributed by atoms with Gasteiger partial charge in [-0.1, -0.05) is 18.2 Å². The van der Waals surface area contributed by atoms with Gasteiger partial charge < -0.3 is 10.0 Å². The van der Waals surface area contributed by atoms with Gasteiger partial charge in [0.1, 0.15) is 11.5 Å². The van der Waals surface area contributed by atoms with Crippen LogP contribution < -0.4 is 4.90 Å². The third kappa shape index (κ3) is 4.36. The lowest BCUT2D eigenvalue weighted by Crippen LogP contribution is -2.41. The molecule has 0 bridgehead atoms. The van der Waals surface area contributed by atoms with Crippen LogP contribution in [0.5, 0.6) is 0 Å². The van der Waals surface area contributed by atoms with E-state index in [4.69, 9.17) is 9.97 Å². The predicted octanol–water partition coefficient (Wildman–Crippen LogP) is 4.30. The number of likely N-dealkylation sites (tertiary alicyclic amines) is 1. The largest absolute Gasteiger partial charge is 0.390 e. The molecule has 2 fully saturated rings. The maximum absolute atomic E-state index is 10.4. The van der Waals surface area contributed by atoms with Gasteiger partial charge in [0.25, 0.3) is 0 Å². The highest BCUT2D eigenvalue weighted by atomic mass is 16.3. The molecular formula is C28H36N6O. The van der Waals surface area contributed by atoms with Crippen molar-refractivity contribution in [2.45, 2.75) is 64.6 Å². The summed E-state index contributed by atoms with van der Waals surface area (Å²) in [4.78, 5) is 19.6. The molecule has 0 unspecified atom stereocenters. The van der Waals surface area contributed by atoms with Gasteiger partial charge in [0.05, 0.1) is 30.2 Å². The van der Waals surface area contributed by atoms with Gasteiger partial charge in [-0.2, -0.15) is 0 Å². The second-order valence-electron chi connectivity index (χ2n) is 11.0. The van der Waals surface area contributed by atoms with E-state index in [0.29, 0.717) is 5.92 Å². The number of rotatable bonds is 5. The summed E-state index contributed by atoms with van der Waals surface area (Å²) < 4.78 is 2.28. The van der Waals surface area contributed by atoms with Crippen LogP contribution in [0, 0.1) is 5.92 Å². The highest BCUT2D eigenvalue weighted by Crippen LogP contribution is 2.33. The molecule has 3 aliphatic rings. The molecule has 0 amide bonds. The van der Waals surface area contributed by atoms with Crippen molar-refractivity contribution in [1.29, 1.82) is 0 Å². The second-order valence-corrected chi connectivity index (χ2v) is 11.0. The standard InChI is InChI=1S/C28H36N6O/c1-28(2,35)21-9-13-32(14-10-21)18-22-16-30-27-26(23-8-6-7-20-15-29-17-24(20)23)31-25(19-34(22)27)33-11-4-3-5-12-33/h6-8,16-17,19,21,35H,3-5,9-15,18H2,1-2H3. The Morgan fingerprint density at radius 3 is 2.63 bits per heavy atom. The van der Waals surface area contributed by atoms with E-state index in [1.54, 1.807) is 0 Å². The molecule has 5 heterocycles. The minimum Gasteiger partial charge on any atom is -0.390 e. The van der Waals surface area contributed by atoms with Gasteiger partial charge in [-0.05, 0) is 70.5 Å². The molecule has 0 radical (unpaired) electrons. The highest BCUT2D eigenvalue weighted by Gasteiger charge is 2.31. The van der Waals surface area contributed by atoms with Crippen LogP contribution in [0.3, 0.4) is 0 Å². The zero-order valence-electron chi connectivity index (χ0n) is 21.0. The number of hydrogen-bond acceptors (Lipinski definition) is 6. The van der Waals surface area contributed by atoms with E-state index in [-0.39, 0.29) is 0 Å². The van der Waals surface area contributed by atoms with E-state index in [2.05, 4.69) is 43.6 Å². The molecule has 0 saturated carbocycles. The van der Waals surface area contributed by atoms with Crippen molar-refractivity contribution < 1.29 is 5.11 Å². The molecule has 35 heavy (non-hydrogen) atoms. The van der Waals surface area contributed by atoms with Crippen LogP contribution >= 0.6 is 0 Å². The second kappa shape index (κ2) is 9.03. The Labute approximate surface area is 207 Å². The van der Waals surface area contributed by atoms with Crippen LogP contribution in [0.25, 0.3) is 16.9 Å². The fourth-order valence-electron chi connectivity index (χ4n) is 5.97. The summed E-state index contributed by atoms with van der Waals surface area (Å²) in [6, 6.07) is 6.44. The van der Waals surface area contributed by atoms with E-state index < -0.39 is 5.60 Å². The van der Waals surface area contributed by atoms with E-state index in [1.165, 1.54) is 36.1 Å². The van der Waals surface area contributed by atoms with Gasteiger partial charge in [-0.3, -0.25) is 14.3 Å². The number of hydrogen-bond donors (Lipinski definition) is 1. The van der Waals surface area contributed by atoms with Crippen LogP contribution in [0.2, 0.25) is 0 Å². The van der Waals surface area contributed by atoms with Crippen molar-refractivity contribution in [3.63, 3.8) is 0 Å². The van der Waals surface area contributed by atoms with Crippen LogP contribution in [-0.4, -0.2) is 62.4 Å². The van der Waals surface area contributed by atoms with Crippen molar-refractivity contribution in [1.82, 2.24) is 19.3 Å². The Morgan fingerprint density at radius 1 is 1.06 bits per heavy atom. The number of aromatic nitrogens is 3. The summed E-state index contributed by atoms with van der Waals surface area (Å²) in [5.41, 5.74) is 6.02. The lowest BCUT2D eigenvalue weighted by molar-refractivity contribution is -0.0137. The van der Waals surface area contributed by atoms with Gasteiger partial charge in [-0.25, -0.2) is 9.97 Å². The smallest absolute Gasteiger partial charge is 0.163 e. The lowest BCUT2D eigenvalue weighted by Gasteiger charge is -2.37. The highest BCUT2D eigenvalue weighted by molar-refractivity contribution is 5.95. The minimum absolute atomic E-state index is 0.365. The van der Waals surface area contributed by atoms with E-state index in [9.17, 15) is 5.11 Å². The van der Waals surface area contributed by atoms with Gasteiger partial charge >= 0.3 is 0 Å². The topological polar surface area (TPSA) is 69.3 Å². The van der Waals surface area contributed by atoms with Crippen molar-refractivity contribution in [2.75, 3.05) is 31.1 Å². The first-order valence-electron chi connectivity index (χ1n) is 13.2. The zero-order chi connectivity index (χ0) is 24.0. The van der Waals surface area contributed by atoms with Gasteiger partial charge in [0, 0.05) is 37.0 Å². The average molecular weight is 473 g/mol. The number of piperidine rings is 2. The molecule has 7 heteroatoms. The summed E-state index contributed by atoms with van der Waals surface area (Å²) in [7, 11) is 0. The molecule has 184 valence electrons. The number of aliphatic imine (C=N–C) groups is 1. The van der Waals surface area contributed by atoms with Crippen molar-refractivity contribution in [3.8, 4) is 11.3 Å². The SMILES string of the molecule is CC(C)(O)C1CCN(Cc2cnc3c(-c4cccc5c4C=NC5)nc(N4CCCCC4)cn23)CC1. The lowest BCUT2D eigenvalue weighted by atomic mass is 9.83. The number of aliphatic hydroxyl groups is 1. The molecular weight excluding hydrogens is 436 g/mol. The van der Waals surface area contributed by atoms with Gasteiger partial charge in [0.2, 0.25) is 0 Å². The fraction of sp³-hybridized carbons (Fsp3) is 0.536. The Morgan fingerprint density at radius 2 is 1.86 bits per heavy atom. The Hall–Kier alpha value is -2.77. The number of fused-ring (bicyclic) bond motifs is 2. The molecule has 0 spiro atoms. The number of imidazole rings is 1. The normalized spacial score (nSPS) is 19.6. The van der Waals surface area contributed by atoms with E-state index in [1.807, 2.05) is 26.3 Å². The van der Waals surface area contributed by atoms with Crippen molar-refractivity contribution in [3.05, 3.63) is 47.4 Å². The maximum atomic E-state index is 10.4. The molecule has 1 aromatic carbocycles. The van der Waals surface area contributed by atoms with Gasteiger partial charge in [-0.15, -0.1) is 0 Å². The summed E-state index contributed by atoms with van der Waals surface area (Å²) >= 11 is 0. The quantitative estimate of drug-likeness (QED) is 0.600. The number of benzene rings is 1. The molecule has 1 N–H and O–H groups in total. The van der Waals surface area contributed by atoms with Crippen molar-refractivity contribution >= 4 is 17.7 Å². The molecule has 0 aliphatic carbocycles. The first-order chi connectivity index (χ1) is 17.0. The third-order valence-corrected chi connectivity index (χ3v) is 8.14. The number of anilines is 1. The van der Waals surface area contributed by atoms with Crippen LogP contribution in [0.1, 0.15) is 62.8 Å². The molecule has 6 rings (SSSR count). The van der Waals surface area contributed by atoms with Crippen LogP contribution in [0.15, 0.2) is 35.6 Å². The maximum Gasteiger partial charge on any atom is 0.163 e. The Kier molecular flexibility index (Phi) is 5.85. The van der Waals surface area contributed by atoms with E-state index in [0.717, 1.165) is 74.8 Å². The Balaban J connectivity index is 1.38. The summed E-state index contributed by atoms with van der Waals surface area (Å²) in [6.45, 7) is 9.60. The molecule has 2 saturated heterocycles. The zero-order valence-corrected chi connectivity index (χ0v) is 21.0. The summed E-state index contributed by atoms with van der Waals surface area (Å²) in [5.74, 6) is 1.41. The van der Waals surface area contributed by atoms with E-state index >= 15 is 0 Å². The molecule has 2 aromatic heterocycles. The molecule has 3 aliphatic heterocycles.